The number of rotatable bonds is 3. The molecule has 0 aliphatic heterocycles. The Morgan fingerprint density at radius 3 is 2.68 bits per heavy atom. The van der Waals surface area contributed by atoms with E-state index in [1.807, 2.05) is 18.4 Å². The summed E-state index contributed by atoms with van der Waals surface area (Å²) < 4.78 is 38.4. The topological polar surface area (TPSA) is 41.6 Å². The number of aryl methyl sites for hydroxylation is 1. The zero-order valence-electron chi connectivity index (χ0n) is 11.6. The van der Waals surface area contributed by atoms with Crippen LogP contribution in [0, 0.1) is 0 Å². The van der Waals surface area contributed by atoms with Gasteiger partial charge in [0.2, 0.25) is 0 Å². The fourth-order valence-electron chi connectivity index (χ4n) is 2.18. The number of nitrogens with one attached hydrogen (secondary N) is 1. The highest BCUT2D eigenvalue weighted by Gasteiger charge is 2.30. The first kappa shape index (κ1) is 14.8. The third-order valence-corrected chi connectivity index (χ3v) is 4.25. The summed E-state index contributed by atoms with van der Waals surface area (Å²) in [5.41, 5.74) is 2.24. The molecule has 0 fully saturated rings. The van der Waals surface area contributed by atoms with Crippen molar-refractivity contribution in [3.63, 3.8) is 0 Å². The minimum atomic E-state index is -4.34. The van der Waals surface area contributed by atoms with E-state index in [4.69, 9.17) is 0 Å². The van der Waals surface area contributed by atoms with Gasteiger partial charge in [-0.05, 0) is 41.1 Å². The van der Waals surface area contributed by atoms with Crippen molar-refractivity contribution in [2.45, 2.75) is 19.5 Å². The summed E-state index contributed by atoms with van der Waals surface area (Å²) in [5.74, 6) is 0. The highest BCUT2D eigenvalue weighted by Crippen LogP contribution is 2.36. The molecule has 2 heterocycles. The minimum absolute atomic E-state index is 0.541. The Hall–Kier alpha value is -2.15. The Morgan fingerprint density at radius 2 is 1.95 bits per heavy atom. The predicted octanol–water partition coefficient (Wildman–Crippen LogP) is 4.78. The lowest BCUT2D eigenvalue weighted by Gasteiger charge is -2.07. The summed E-state index contributed by atoms with van der Waals surface area (Å²) in [5, 5.41) is 12.6. The van der Waals surface area contributed by atoms with E-state index in [0.29, 0.717) is 5.56 Å². The van der Waals surface area contributed by atoms with Gasteiger partial charge in [-0.25, -0.2) is 0 Å². The Balaban J connectivity index is 1.98. The summed E-state index contributed by atoms with van der Waals surface area (Å²) >= 11 is 1.44. The van der Waals surface area contributed by atoms with E-state index in [-0.39, 0.29) is 0 Å². The van der Waals surface area contributed by atoms with E-state index >= 15 is 0 Å². The first-order valence-corrected chi connectivity index (χ1v) is 7.53. The minimum Gasteiger partial charge on any atom is -0.197 e. The molecule has 0 aliphatic carbocycles. The fraction of sp³-hybridized carbons (Fsp3) is 0.200. The number of alkyl halides is 3. The van der Waals surface area contributed by atoms with E-state index in [9.17, 15) is 13.2 Å². The number of nitrogens with zero attached hydrogens (tertiary/aromatic N) is 2. The summed E-state index contributed by atoms with van der Waals surface area (Å²) in [4.78, 5) is 0.887. The van der Waals surface area contributed by atoms with Crippen LogP contribution in [0.1, 0.15) is 18.2 Å². The van der Waals surface area contributed by atoms with Crippen molar-refractivity contribution < 1.29 is 13.2 Å². The number of hydrogen-bond acceptors (Lipinski definition) is 3. The fourth-order valence-corrected chi connectivity index (χ4v) is 3.11. The molecule has 1 N–H and O–H groups in total. The Kier molecular flexibility index (Phi) is 3.74. The van der Waals surface area contributed by atoms with Crippen LogP contribution in [0.4, 0.5) is 13.2 Å². The standard InChI is InChI=1S/C15H12F3N3S/c1-2-12-14(20-21-19-12)13-7-10(8-22-13)9-4-3-5-11(6-9)15(16,17)18/h3-8H,2H2,1H3,(H,19,20,21). The molecule has 0 saturated heterocycles. The van der Waals surface area contributed by atoms with Gasteiger partial charge in [0.05, 0.1) is 16.1 Å². The van der Waals surface area contributed by atoms with Gasteiger partial charge in [0.15, 0.2) is 0 Å². The number of benzene rings is 1. The maximum Gasteiger partial charge on any atom is 0.416 e. The monoisotopic (exact) mass is 323 g/mol. The molecule has 0 spiro atoms. The van der Waals surface area contributed by atoms with Crippen molar-refractivity contribution in [3.8, 4) is 21.7 Å². The smallest absolute Gasteiger partial charge is 0.197 e. The first-order chi connectivity index (χ1) is 10.5. The summed E-state index contributed by atoms with van der Waals surface area (Å²) in [6.07, 6.45) is -3.60. The molecule has 0 unspecified atom stereocenters. The van der Waals surface area contributed by atoms with Gasteiger partial charge in [-0.15, -0.1) is 11.3 Å². The Labute approximate surface area is 128 Å². The Bertz CT molecular complexity index is 789. The van der Waals surface area contributed by atoms with Gasteiger partial charge in [0, 0.05) is 0 Å². The zero-order chi connectivity index (χ0) is 15.7. The maximum atomic E-state index is 12.8. The summed E-state index contributed by atoms with van der Waals surface area (Å²) in [6, 6.07) is 7.17. The maximum absolute atomic E-state index is 12.8. The zero-order valence-corrected chi connectivity index (χ0v) is 12.4. The quantitative estimate of drug-likeness (QED) is 0.753. The van der Waals surface area contributed by atoms with Crippen LogP contribution in [0.5, 0.6) is 0 Å². The first-order valence-electron chi connectivity index (χ1n) is 6.65. The molecule has 22 heavy (non-hydrogen) atoms. The van der Waals surface area contributed by atoms with Crippen molar-refractivity contribution in [2.75, 3.05) is 0 Å². The third kappa shape index (κ3) is 2.76. The van der Waals surface area contributed by atoms with Gasteiger partial charge >= 0.3 is 6.18 Å². The van der Waals surface area contributed by atoms with Crippen LogP contribution in [-0.4, -0.2) is 15.4 Å². The molecule has 0 atom stereocenters. The van der Waals surface area contributed by atoms with E-state index in [2.05, 4.69) is 15.4 Å². The molecule has 1 aromatic carbocycles. The molecule has 114 valence electrons. The summed E-state index contributed by atoms with van der Waals surface area (Å²) in [6.45, 7) is 1.97. The van der Waals surface area contributed by atoms with Gasteiger partial charge in [0.1, 0.15) is 5.69 Å². The molecule has 0 amide bonds. The van der Waals surface area contributed by atoms with Gasteiger partial charge < -0.3 is 0 Å². The average Bonchev–Trinajstić information content (AvgIpc) is 3.15. The molecule has 3 aromatic rings. The van der Waals surface area contributed by atoms with Crippen molar-refractivity contribution >= 4 is 11.3 Å². The Morgan fingerprint density at radius 1 is 1.14 bits per heavy atom. The van der Waals surface area contributed by atoms with Crippen LogP contribution in [0.15, 0.2) is 35.7 Å². The molecule has 7 heteroatoms. The van der Waals surface area contributed by atoms with Gasteiger partial charge in [0.25, 0.3) is 0 Å². The van der Waals surface area contributed by atoms with Gasteiger partial charge in [-0.3, -0.25) is 0 Å². The number of thiophene rings is 1. The molecule has 3 rings (SSSR count). The van der Waals surface area contributed by atoms with Crippen LogP contribution < -0.4 is 0 Å². The van der Waals surface area contributed by atoms with Crippen LogP contribution in [0.25, 0.3) is 21.7 Å². The number of halogens is 3. The largest absolute Gasteiger partial charge is 0.416 e. The number of aromatic nitrogens is 3. The molecule has 2 aromatic heterocycles. The number of hydrogen-bond donors (Lipinski definition) is 1. The second kappa shape index (κ2) is 5.57. The lowest BCUT2D eigenvalue weighted by Crippen LogP contribution is -2.04. The average molecular weight is 323 g/mol. The molecular weight excluding hydrogens is 311 g/mol. The van der Waals surface area contributed by atoms with Crippen LogP contribution >= 0.6 is 11.3 Å². The SMILES string of the molecule is CCc1n[nH]nc1-c1cc(-c2cccc(C(F)(F)F)c2)cs1. The van der Waals surface area contributed by atoms with E-state index in [1.165, 1.54) is 17.4 Å². The van der Waals surface area contributed by atoms with Crippen molar-refractivity contribution in [1.82, 2.24) is 15.4 Å². The molecule has 3 nitrogen and oxygen atoms in total. The lowest BCUT2D eigenvalue weighted by atomic mass is 10.0. The van der Waals surface area contributed by atoms with Crippen molar-refractivity contribution in [2.24, 2.45) is 0 Å². The van der Waals surface area contributed by atoms with E-state index in [1.54, 1.807) is 6.07 Å². The highest BCUT2D eigenvalue weighted by atomic mass is 32.1. The molecule has 0 bridgehead atoms. The molecular formula is C15H12F3N3S. The van der Waals surface area contributed by atoms with E-state index in [0.717, 1.165) is 40.4 Å². The van der Waals surface area contributed by atoms with Crippen LogP contribution in [-0.2, 0) is 12.6 Å². The summed E-state index contributed by atoms with van der Waals surface area (Å²) in [7, 11) is 0. The van der Waals surface area contributed by atoms with Crippen molar-refractivity contribution in [1.29, 1.82) is 0 Å². The second-order valence-corrected chi connectivity index (χ2v) is 5.66. The predicted molar refractivity (Wildman–Crippen MR) is 79.5 cm³/mol. The van der Waals surface area contributed by atoms with Crippen LogP contribution in [0.2, 0.25) is 0 Å². The normalized spacial score (nSPS) is 11.8. The molecule has 0 saturated carbocycles. The van der Waals surface area contributed by atoms with Gasteiger partial charge in [-0.2, -0.15) is 28.6 Å². The van der Waals surface area contributed by atoms with E-state index < -0.39 is 11.7 Å². The second-order valence-electron chi connectivity index (χ2n) is 4.75. The third-order valence-electron chi connectivity index (χ3n) is 3.31. The highest BCUT2D eigenvalue weighted by molar-refractivity contribution is 7.14. The lowest BCUT2D eigenvalue weighted by molar-refractivity contribution is -0.137. The molecule has 0 radical (unpaired) electrons. The van der Waals surface area contributed by atoms with Gasteiger partial charge in [-0.1, -0.05) is 19.1 Å². The van der Waals surface area contributed by atoms with Crippen LogP contribution in [0.3, 0.4) is 0 Å². The molecule has 0 aliphatic rings. The number of H-pyrrole nitrogens is 1. The number of aromatic amines is 1. The van der Waals surface area contributed by atoms with Crippen molar-refractivity contribution in [3.05, 3.63) is 47.0 Å².